The van der Waals surface area contributed by atoms with E-state index in [1.54, 1.807) is 13.3 Å². The Balaban J connectivity index is 1.68. The topological polar surface area (TPSA) is 36.3 Å². The van der Waals surface area contributed by atoms with Crippen LogP contribution in [0.15, 0.2) is 36.7 Å². The van der Waals surface area contributed by atoms with E-state index < -0.39 is 0 Å². The van der Waals surface area contributed by atoms with Gasteiger partial charge in [-0.1, -0.05) is 12.8 Å². The van der Waals surface area contributed by atoms with Crippen molar-refractivity contribution in [2.45, 2.75) is 31.7 Å². The Morgan fingerprint density at radius 1 is 1.05 bits per heavy atom. The lowest BCUT2D eigenvalue weighted by Gasteiger charge is -2.08. The van der Waals surface area contributed by atoms with Crippen LogP contribution in [0.25, 0.3) is 0 Å². The minimum absolute atomic E-state index is 0.549. The first-order chi connectivity index (χ1) is 9.35. The van der Waals surface area contributed by atoms with Crippen LogP contribution in [0.3, 0.4) is 0 Å². The molecular weight excluding hydrogens is 240 g/mol. The normalized spacial score (nSPS) is 15.6. The SMILES string of the molecule is COc1ccc(Oc2cnn(C3CCCC3)c2)cc1. The van der Waals surface area contributed by atoms with Crippen LogP contribution in [0, 0.1) is 0 Å². The molecule has 19 heavy (non-hydrogen) atoms. The molecule has 0 saturated heterocycles. The standard InChI is InChI=1S/C15H18N2O2/c1-18-13-6-8-14(9-7-13)19-15-10-16-17(11-15)12-4-2-3-5-12/h6-12H,2-5H2,1H3. The number of benzene rings is 1. The van der Waals surface area contributed by atoms with E-state index in [2.05, 4.69) is 5.10 Å². The van der Waals surface area contributed by atoms with E-state index in [4.69, 9.17) is 9.47 Å². The fourth-order valence-electron chi connectivity index (χ4n) is 2.52. The van der Waals surface area contributed by atoms with Crippen LogP contribution in [0.5, 0.6) is 17.2 Å². The van der Waals surface area contributed by atoms with Gasteiger partial charge >= 0.3 is 0 Å². The summed E-state index contributed by atoms with van der Waals surface area (Å²) in [5.41, 5.74) is 0. The zero-order chi connectivity index (χ0) is 13.1. The zero-order valence-electron chi connectivity index (χ0n) is 11.1. The first-order valence-electron chi connectivity index (χ1n) is 6.71. The van der Waals surface area contributed by atoms with Gasteiger partial charge in [0.05, 0.1) is 25.5 Å². The Hall–Kier alpha value is -1.97. The molecule has 1 aromatic carbocycles. The summed E-state index contributed by atoms with van der Waals surface area (Å²) in [5, 5.41) is 4.40. The monoisotopic (exact) mass is 258 g/mol. The number of ether oxygens (including phenoxy) is 2. The van der Waals surface area contributed by atoms with E-state index in [0.29, 0.717) is 6.04 Å². The van der Waals surface area contributed by atoms with E-state index in [0.717, 1.165) is 17.2 Å². The van der Waals surface area contributed by atoms with Crippen LogP contribution in [0.2, 0.25) is 0 Å². The molecule has 4 nitrogen and oxygen atoms in total. The number of hydrogen-bond acceptors (Lipinski definition) is 3. The number of hydrogen-bond donors (Lipinski definition) is 0. The first-order valence-corrected chi connectivity index (χ1v) is 6.71. The Labute approximate surface area is 113 Å². The molecule has 0 atom stereocenters. The van der Waals surface area contributed by atoms with Gasteiger partial charge in [-0.25, -0.2) is 0 Å². The smallest absolute Gasteiger partial charge is 0.165 e. The highest BCUT2D eigenvalue weighted by atomic mass is 16.5. The maximum absolute atomic E-state index is 5.78. The molecule has 0 N–H and O–H groups in total. The first kappa shape index (κ1) is 12.1. The van der Waals surface area contributed by atoms with Crippen molar-refractivity contribution in [3.63, 3.8) is 0 Å². The second-order valence-corrected chi connectivity index (χ2v) is 4.87. The number of nitrogens with zero attached hydrogens (tertiary/aromatic N) is 2. The molecule has 4 heteroatoms. The highest BCUT2D eigenvalue weighted by molar-refractivity contribution is 5.34. The molecule has 100 valence electrons. The van der Waals surface area contributed by atoms with Crippen molar-refractivity contribution >= 4 is 0 Å². The van der Waals surface area contributed by atoms with Crippen molar-refractivity contribution in [3.05, 3.63) is 36.7 Å². The van der Waals surface area contributed by atoms with E-state index in [1.165, 1.54) is 25.7 Å². The largest absolute Gasteiger partial charge is 0.497 e. The van der Waals surface area contributed by atoms with E-state index in [-0.39, 0.29) is 0 Å². The quantitative estimate of drug-likeness (QED) is 0.837. The average molecular weight is 258 g/mol. The van der Waals surface area contributed by atoms with Crippen LogP contribution in [-0.2, 0) is 0 Å². The van der Waals surface area contributed by atoms with Crippen molar-refractivity contribution in [2.75, 3.05) is 7.11 Å². The second-order valence-electron chi connectivity index (χ2n) is 4.87. The van der Waals surface area contributed by atoms with Gasteiger partial charge in [-0.05, 0) is 37.1 Å². The molecule has 1 aliphatic carbocycles. The van der Waals surface area contributed by atoms with Crippen LogP contribution < -0.4 is 9.47 Å². The Morgan fingerprint density at radius 2 is 1.74 bits per heavy atom. The molecule has 0 aliphatic heterocycles. The summed E-state index contributed by atoms with van der Waals surface area (Å²) >= 11 is 0. The minimum atomic E-state index is 0.549. The maximum Gasteiger partial charge on any atom is 0.165 e. The lowest BCUT2D eigenvalue weighted by molar-refractivity contribution is 0.412. The number of methoxy groups -OCH3 is 1. The van der Waals surface area contributed by atoms with E-state index in [9.17, 15) is 0 Å². The van der Waals surface area contributed by atoms with Gasteiger partial charge in [-0.15, -0.1) is 0 Å². The molecule has 1 aliphatic rings. The van der Waals surface area contributed by atoms with Gasteiger partial charge in [-0.2, -0.15) is 5.10 Å². The fraction of sp³-hybridized carbons (Fsp3) is 0.400. The van der Waals surface area contributed by atoms with Crippen molar-refractivity contribution in [1.82, 2.24) is 9.78 Å². The van der Waals surface area contributed by atoms with Gasteiger partial charge in [-0.3, -0.25) is 4.68 Å². The Kier molecular flexibility index (Phi) is 3.40. The average Bonchev–Trinajstić information content (AvgIpc) is 3.10. The molecule has 1 heterocycles. The van der Waals surface area contributed by atoms with Crippen LogP contribution in [0.1, 0.15) is 31.7 Å². The van der Waals surface area contributed by atoms with Gasteiger partial charge in [0.15, 0.2) is 5.75 Å². The zero-order valence-corrected chi connectivity index (χ0v) is 11.1. The highest BCUT2D eigenvalue weighted by Gasteiger charge is 2.17. The van der Waals surface area contributed by atoms with Crippen molar-refractivity contribution in [2.24, 2.45) is 0 Å². The van der Waals surface area contributed by atoms with Crippen LogP contribution >= 0.6 is 0 Å². The summed E-state index contributed by atoms with van der Waals surface area (Å²) in [6, 6.07) is 8.11. The third kappa shape index (κ3) is 2.72. The Morgan fingerprint density at radius 3 is 2.42 bits per heavy atom. The minimum Gasteiger partial charge on any atom is -0.497 e. The molecule has 0 unspecified atom stereocenters. The Bertz CT molecular complexity index is 527. The van der Waals surface area contributed by atoms with Crippen LogP contribution in [-0.4, -0.2) is 16.9 Å². The van der Waals surface area contributed by atoms with Gasteiger partial charge in [0, 0.05) is 0 Å². The van der Waals surface area contributed by atoms with E-state index in [1.807, 2.05) is 35.1 Å². The lowest BCUT2D eigenvalue weighted by atomic mass is 10.3. The predicted molar refractivity (Wildman–Crippen MR) is 72.8 cm³/mol. The summed E-state index contributed by atoms with van der Waals surface area (Å²) in [6.07, 6.45) is 8.83. The van der Waals surface area contributed by atoms with Crippen molar-refractivity contribution < 1.29 is 9.47 Å². The molecule has 0 radical (unpaired) electrons. The van der Waals surface area contributed by atoms with Gasteiger partial charge in [0.1, 0.15) is 11.5 Å². The summed E-state index contributed by atoms with van der Waals surface area (Å²) in [5.74, 6) is 2.41. The van der Waals surface area contributed by atoms with Crippen LogP contribution in [0.4, 0.5) is 0 Å². The highest BCUT2D eigenvalue weighted by Crippen LogP contribution is 2.31. The van der Waals surface area contributed by atoms with Gasteiger partial charge < -0.3 is 9.47 Å². The molecule has 2 aromatic rings. The maximum atomic E-state index is 5.78. The third-order valence-electron chi connectivity index (χ3n) is 3.57. The molecule has 1 saturated carbocycles. The van der Waals surface area contributed by atoms with Crippen molar-refractivity contribution in [1.29, 1.82) is 0 Å². The van der Waals surface area contributed by atoms with E-state index >= 15 is 0 Å². The summed E-state index contributed by atoms with van der Waals surface area (Å²) < 4.78 is 12.9. The molecule has 1 aromatic heterocycles. The number of aromatic nitrogens is 2. The molecule has 3 rings (SSSR count). The molecular formula is C15H18N2O2. The molecule has 0 amide bonds. The number of rotatable bonds is 4. The lowest BCUT2D eigenvalue weighted by Crippen LogP contribution is -2.04. The summed E-state index contributed by atoms with van der Waals surface area (Å²) in [6.45, 7) is 0. The molecule has 1 fully saturated rings. The molecule has 0 bridgehead atoms. The summed E-state index contributed by atoms with van der Waals surface area (Å²) in [4.78, 5) is 0. The predicted octanol–water partition coefficient (Wildman–Crippen LogP) is 3.80. The summed E-state index contributed by atoms with van der Waals surface area (Å²) in [7, 11) is 1.65. The molecule has 0 spiro atoms. The van der Waals surface area contributed by atoms with Gasteiger partial charge in [0.25, 0.3) is 0 Å². The third-order valence-corrected chi connectivity index (χ3v) is 3.57. The second kappa shape index (κ2) is 5.34. The van der Waals surface area contributed by atoms with Gasteiger partial charge in [0.2, 0.25) is 0 Å². The van der Waals surface area contributed by atoms with Crippen molar-refractivity contribution in [3.8, 4) is 17.2 Å². The fourth-order valence-corrected chi connectivity index (χ4v) is 2.52.